The van der Waals surface area contributed by atoms with Gasteiger partial charge in [0.05, 0.1) is 51.2 Å². The standard InChI is InChI=1S/C28H36N8O4S/c1-38-22-11-19(12-23(39-2)25(22)40-3)35-15-24(30-17-35)31-26-21-13-20(14-34-9-6-29-7-10-34)41-27(21)33-28(32-26)36-8-4-5-18(36)16-37/h11-13,15,17-18,29,37H,4-10,14,16H2,1-3H3,(H,31,32,33)/t18-/m0/s1. The minimum Gasteiger partial charge on any atom is -0.493 e. The summed E-state index contributed by atoms with van der Waals surface area (Å²) < 4.78 is 18.4. The number of hydrogen-bond donors (Lipinski definition) is 3. The van der Waals surface area contributed by atoms with Crippen molar-refractivity contribution in [2.75, 3.05) is 70.9 Å². The normalized spacial score (nSPS) is 17.8. The van der Waals surface area contributed by atoms with Crippen molar-refractivity contribution in [3.8, 4) is 22.9 Å². The summed E-state index contributed by atoms with van der Waals surface area (Å²) in [6, 6.07) is 5.96. The summed E-state index contributed by atoms with van der Waals surface area (Å²) in [5.41, 5.74) is 0.810. The van der Waals surface area contributed by atoms with Crippen molar-refractivity contribution in [2.45, 2.75) is 25.4 Å². The van der Waals surface area contributed by atoms with Gasteiger partial charge in [0, 0.05) is 56.3 Å². The number of aliphatic hydroxyl groups is 1. The molecule has 0 bridgehead atoms. The third kappa shape index (κ3) is 5.62. The number of piperazine rings is 1. The van der Waals surface area contributed by atoms with Gasteiger partial charge in [-0.1, -0.05) is 0 Å². The minimum atomic E-state index is 0.0276. The van der Waals surface area contributed by atoms with Crippen LogP contribution in [0.5, 0.6) is 17.2 Å². The number of aromatic nitrogens is 4. The molecule has 12 nitrogen and oxygen atoms in total. The predicted molar refractivity (Wildman–Crippen MR) is 160 cm³/mol. The Bertz CT molecular complexity index is 1480. The van der Waals surface area contributed by atoms with Crippen molar-refractivity contribution in [2.24, 2.45) is 0 Å². The maximum atomic E-state index is 9.96. The zero-order valence-corrected chi connectivity index (χ0v) is 24.4. The lowest BCUT2D eigenvalue weighted by atomic mass is 10.2. The number of nitrogens with one attached hydrogen (secondary N) is 2. The van der Waals surface area contributed by atoms with Crippen LogP contribution in [0.25, 0.3) is 15.9 Å². The SMILES string of the molecule is COc1cc(-n2cnc(Nc3nc(N4CCC[C@H]4CO)nc4sc(CN5CCNCC5)cc34)c2)cc(OC)c1OC. The fourth-order valence-corrected chi connectivity index (χ4v) is 6.57. The average Bonchev–Trinajstić information content (AvgIpc) is 3.76. The summed E-state index contributed by atoms with van der Waals surface area (Å²) >= 11 is 1.70. The van der Waals surface area contributed by atoms with Gasteiger partial charge in [-0.2, -0.15) is 4.98 Å². The molecule has 3 aromatic heterocycles. The number of anilines is 3. The molecule has 6 rings (SSSR count). The van der Waals surface area contributed by atoms with Crippen molar-refractivity contribution in [1.29, 1.82) is 0 Å². The van der Waals surface area contributed by atoms with Gasteiger partial charge in [-0.3, -0.25) is 4.90 Å². The number of benzene rings is 1. The second kappa shape index (κ2) is 12.1. The molecular weight excluding hydrogens is 544 g/mol. The van der Waals surface area contributed by atoms with E-state index in [4.69, 9.17) is 24.2 Å². The molecule has 2 aliphatic rings. The number of methoxy groups -OCH3 is 3. The average molecular weight is 581 g/mol. The van der Waals surface area contributed by atoms with Crippen LogP contribution in [0, 0.1) is 0 Å². The molecule has 4 aromatic rings. The molecule has 1 atom stereocenters. The van der Waals surface area contributed by atoms with Gasteiger partial charge >= 0.3 is 0 Å². The van der Waals surface area contributed by atoms with Crippen LogP contribution in [0.1, 0.15) is 17.7 Å². The Morgan fingerprint density at radius 3 is 2.54 bits per heavy atom. The molecule has 0 amide bonds. The van der Waals surface area contributed by atoms with Crippen LogP contribution in [0.2, 0.25) is 0 Å². The van der Waals surface area contributed by atoms with Crippen molar-refractivity contribution >= 4 is 39.1 Å². The first-order chi connectivity index (χ1) is 20.1. The Morgan fingerprint density at radius 2 is 1.83 bits per heavy atom. The second-order valence-corrected chi connectivity index (χ2v) is 11.3. The summed E-state index contributed by atoms with van der Waals surface area (Å²) in [7, 11) is 4.78. The van der Waals surface area contributed by atoms with Gasteiger partial charge in [-0.05, 0) is 18.9 Å². The number of nitrogens with zero attached hydrogens (tertiary/aromatic N) is 6. The lowest BCUT2D eigenvalue weighted by Crippen LogP contribution is -2.42. The first kappa shape index (κ1) is 27.5. The molecule has 0 unspecified atom stereocenters. The highest BCUT2D eigenvalue weighted by atomic mass is 32.1. The Morgan fingerprint density at radius 1 is 1.05 bits per heavy atom. The van der Waals surface area contributed by atoms with E-state index in [1.807, 2.05) is 22.9 Å². The van der Waals surface area contributed by atoms with E-state index in [2.05, 4.69) is 31.5 Å². The molecule has 5 heterocycles. The van der Waals surface area contributed by atoms with E-state index in [9.17, 15) is 5.11 Å². The van der Waals surface area contributed by atoms with Crippen LogP contribution < -0.4 is 29.7 Å². The van der Waals surface area contributed by atoms with Crippen LogP contribution in [0.3, 0.4) is 0 Å². The number of imidazole rings is 1. The predicted octanol–water partition coefficient (Wildman–Crippen LogP) is 3.01. The molecule has 2 aliphatic heterocycles. The van der Waals surface area contributed by atoms with Crippen LogP contribution in [0.15, 0.2) is 30.7 Å². The van der Waals surface area contributed by atoms with Gasteiger partial charge in [-0.25, -0.2) is 9.97 Å². The molecule has 0 saturated carbocycles. The van der Waals surface area contributed by atoms with E-state index in [0.29, 0.717) is 34.8 Å². The fraction of sp³-hybridized carbons (Fsp3) is 0.464. The summed E-state index contributed by atoms with van der Waals surface area (Å²) in [5.74, 6) is 3.63. The van der Waals surface area contributed by atoms with Gasteiger partial charge < -0.3 is 39.4 Å². The number of rotatable bonds is 10. The van der Waals surface area contributed by atoms with Crippen LogP contribution >= 0.6 is 11.3 Å². The highest BCUT2D eigenvalue weighted by Crippen LogP contribution is 2.40. The maximum Gasteiger partial charge on any atom is 0.229 e. The minimum absolute atomic E-state index is 0.0276. The Kier molecular flexibility index (Phi) is 8.10. The Balaban J connectivity index is 1.34. The van der Waals surface area contributed by atoms with Crippen molar-refractivity contribution in [1.82, 2.24) is 29.7 Å². The molecule has 0 radical (unpaired) electrons. The Hall–Kier alpha value is -3.65. The molecule has 41 heavy (non-hydrogen) atoms. The van der Waals surface area contributed by atoms with E-state index in [-0.39, 0.29) is 12.6 Å². The number of ether oxygens (including phenoxy) is 3. The molecule has 13 heteroatoms. The topological polar surface area (TPSA) is 122 Å². The number of thiophene rings is 1. The lowest BCUT2D eigenvalue weighted by molar-refractivity contribution is 0.235. The molecular formula is C28H36N8O4S. The second-order valence-electron chi connectivity index (χ2n) is 10.2. The van der Waals surface area contributed by atoms with E-state index in [1.165, 1.54) is 4.88 Å². The molecule has 218 valence electrons. The van der Waals surface area contributed by atoms with Crippen LogP contribution in [0.4, 0.5) is 17.6 Å². The molecule has 3 N–H and O–H groups in total. The van der Waals surface area contributed by atoms with Gasteiger partial charge in [0.1, 0.15) is 22.8 Å². The van der Waals surface area contributed by atoms with Crippen LogP contribution in [-0.4, -0.2) is 96.2 Å². The zero-order chi connectivity index (χ0) is 28.3. The molecule has 0 spiro atoms. The highest BCUT2D eigenvalue weighted by Gasteiger charge is 2.27. The smallest absolute Gasteiger partial charge is 0.229 e. The highest BCUT2D eigenvalue weighted by molar-refractivity contribution is 7.18. The molecule has 0 aliphatic carbocycles. The maximum absolute atomic E-state index is 9.96. The quantitative estimate of drug-likeness (QED) is 0.257. The molecule has 1 aromatic carbocycles. The van der Waals surface area contributed by atoms with E-state index in [0.717, 1.165) is 68.0 Å². The van der Waals surface area contributed by atoms with Gasteiger partial charge in [0.2, 0.25) is 11.7 Å². The number of fused-ring (bicyclic) bond motifs is 1. The summed E-state index contributed by atoms with van der Waals surface area (Å²) in [6.07, 6.45) is 5.56. The van der Waals surface area contributed by atoms with E-state index >= 15 is 0 Å². The Labute approximate surface area is 242 Å². The number of hydrogen-bond acceptors (Lipinski definition) is 12. The monoisotopic (exact) mass is 580 g/mol. The van der Waals surface area contributed by atoms with Gasteiger partial charge in [0.15, 0.2) is 11.5 Å². The summed E-state index contributed by atoms with van der Waals surface area (Å²) in [5, 5.41) is 17.8. The van der Waals surface area contributed by atoms with Gasteiger partial charge in [0.25, 0.3) is 0 Å². The first-order valence-corrected chi connectivity index (χ1v) is 14.6. The fourth-order valence-electron chi connectivity index (χ4n) is 5.51. The largest absolute Gasteiger partial charge is 0.493 e. The van der Waals surface area contributed by atoms with Crippen LogP contribution in [-0.2, 0) is 6.54 Å². The number of aliphatic hydroxyl groups excluding tert-OH is 1. The zero-order valence-electron chi connectivity index (χ0n) is 23.6. The van der Waals surface area contributed by atoms with Crippen molar-refractivity contribution in [3.63, 3.8) is 0 Å². The molecule has 2 saturated heterocycles. The first-order valence-electron chi connectivity index (χ1n) is 13.8. The van der Waals surface area contributed by atoms with Crippen molar-refractivity contribution in [3.05, 3.63) is 35.6 Å². The summed E-state index contributed by atoms with van der Waals surface area (Å²) in [6.45, 7) is 5.87. The van der Waals surface area contributed by atoms with Crippen molar-refractivity contribution < 1.29 is 19.3 Å². The van der Waals surface area contributed by atoms with E-state index < -0.39 is 0 Å². The lowest BCUT2D eigenvalue weighted by Gasteiger charge is -2.26. The third-order valence-electron chi connectivity index (χ3n) is 7.64. The molecule has 2 fully saturated rings. The third-order valence-corrected chi connectivity index (χ3v) is 8.66. The van der Waals surface area contributed by atoms with E-state index in [1.54, 1.807) is 39.0 Å². The van der Waals surface area contributed by atoms with Gasteiger partial charge in [-0.15, -0.1) is 11.3 Å². The summed E-state index contributed by atoms with van der Waals surface area (Å²) in [4.78, 5) is 21.3.